The summed E-state index contributed by atoms with van der Waals surface area (Å²) in [5.41, 5.74) is 0.441. The van der Waals surface area contributed by atoms with Gasteiger partial charge in [0.05, 0.1) is 6.10 Å². The van der Waals surface area contributed by atoms with Gasteiger partial charge in [0.15, 0.2) is 0 Å². The Kier molecular flexibility index (Phi) is 3.73. The number of hydrogen-bond acceptors (Lipinski definition) is 1. The molecule has 0 aromatic carbocycles. The minimum Gasteiger partial charge on any atom is -0.381 e. The molecular weight excluding hydrogens is 196 g/mol. The van der Waals surface area contributed by atoms with Crippen molar-refractivity contribution < 1.29 is 4.74 Å². The summed E-state index contributed by atoms with van der Waals surface area (Å²) in [5, 5.41) is 0. The Balaban J connectivity index is 2.32. The van der Waals surface area contributed by atoms with Crippen molar-refractivity contribution in [2.75, 3.05) is 7.11 Å². The van der Waals surface area contributed by atoms with Gasteiger partial charge in [-0.2, -0.15) is 0 Å². The van der Waals surface area contributed by atoms with Crippen LogP contribution in [0.3, 0.4) is 0 Å². The van der Waals surface area contributed by atoms with Gasteiger partial charge in [-0.1, -0.05) is 45.3 Å². The predicted octanol–water partition coefficient (Wildman–Crippen LogP) is 4.18. The van der Waals surface area contributed by atoms with Crippen molar-refractivity contribution in [1.82, 2.24) is 0 Å². The SMILES string of the molecule is CCC1CC=CC(C)C12CCCCC2OC. The minimum atomic E-state index is 0.441. The van der Waals surface area contributed by atoms with E-state index >= 15 is 0 Å². The second kappa shape index (κ2) is 4.91. The second-order valence-electron chi connectivity index (χ2n) is 5.64. The molecule has 0 bridgehead atoms. The maximum Gasteiger partial charge on any atom is 0.0635 e. The summed E-state index contributed by atoms with van der Waals surface area (Å²) in [7, 11) is 1.91. The zero-order chi connectivity index (χ0) is 11.6. The van der Waals surface area contributed by atoms with Crippen molar-refractivity contribution in [2.45, 2.75) is 58.5 Å². The molecule has 2 rings (SSSR count). The molecule has 0 amide bonds. The highest BCUT2D eigenvalue weighted by molar-refractivity contribution is 5.10. The lowest BCUT2D eigenvalue weighted by Gasteiger charge is -2.53. The van der Waals surface area contributed by atoms with Crippen LogP contribution >= 0.6 is 0 Å². The van der Waals surface area contributed by atoms with Gasteiger partial charge in [0.25, 0.3) is 0 Å². The molecule has 0 saturated heterocycles. The highest BCUT2D eigenvalue weighted by atomic mass is 16.5. The average molecular weight is 222 g/mol. The maximum absolute atomic E-state index is 5.85. The molecule has 92 valence electrons. The van der Waals surface area contributed by atoms with Gasteiger partial charge < -0.3 is 4.74 Å². The number of hydrogen-bond donors (Lipinski definition) is 0. The van der Waals surface area contributed by atoms with Crippen LogP contribution in [0.5, 0.6) is 0 Å². The van der Waals surface area contributed by atoms with Crippen LogP contribution in [0.25, 0.3) is 0 Å². The maximum atomic E-state index is 5.85. The first-order valence-corrected chi connectivity index (χ1v) is 6.95. The van der Waals surface area contributed by atoms with Crippen molar-refractivity contribution in [3.05, 3.63) is 12.2 Å². The number of ether oxygens (including phenoxy) is 1. The van der Waals surface area contributed by atoms with Crippen LogP contribution in [0, 0.1) is 17.3 Å². The lowest BCUT2D eigenvalue weighted by Crippen LogP contribution is -2.50. The molecule has 1 spiro atoms. The summed E-state index contributed by atoms with van der Waals surface area (Å²) in [6.45, 7) is 4.75. The quantitative estimate of drug-likeness (QED) is 0.637. The number of rotatable bonds is 2. The van der Waals surface area contributed by atoms with Crippen molar-refractivity contribution in [3.63, 3.8) is 0 Å². The molecule has 16 heavy (non-hydrogen) atoms. The molecule has 2 aliphatic carbocycles. The Labute approximate surface area is 100 Å². The fraction of sp³-hybridized carbons (Fsp3) is 0.867. The lowest BCUT2D eigenvalue weighted by atomic mass is 9.54. The van der Waals surface area contributed by atoms with Crippen LogP contribution in [0.2, 0.25) is 0 Å². The molecule has 1 nitrogen and oxygen atoms in total. The molecule has 0 aliphatic heterocycles. The van der Waals surface area contributed by atoms with Gasteiger partial charge in [-0.05, 0) is 31.1 Å². The monoisotopic (exact) mass is 222 g/mol. The van der Waals surface area contributed by atoms with E-state index in [9.17, 15) is 0 Å². The summed E-state index contributed by atoms with van der Waals surface area (Å²) < 4.78 is 5.85. The number of allylic oxidation sites excluding steroid dienone is 2. The van der Waals surface area contributed by atoms with Crippen LogP contribution in [0.15, 0.2) is 12.2 Å². The summed E-state index contributed by atoms with van der Waals surface area (Å²) in [6, 6.07) is 0. The van der Waals surface area contributed by atoms with E-state index in [0.29, 0.717) is 17.4 Å². The van der Waals surface area contributed by atoms with Gasteiger partial charge in [-0.25, -0.2) is 0 Å². The third kappa shape index (κ3) is 1.73. The van der Waals surface area contributed by atoms with Crippen LogP contribution in [0.1, 0.15) is 52.4 Å². The van der Waals surface area contributed by atoms with Gasteiger partial charge in [0.1, 0.15) is 0 Å². The molecule has 4 atom stereocenters. The van der Waals surface area contributed by atoms with E-state index in [1.807, 2.05) is 7.11 Å². The van der Waals surface area contributed by atoms with E-state index in [1.165, 1.54) is 38.5 Å². The Hall–Kier alpha value is -0.300. The largest absolute Gasteiger partial charge is 0.381 e. The zero-order valence-corrected chi connectivity index (χ0v) is 11.0. The van der Waals surface area contributed by atoms with Gasteiger partial charge in [-0.15, -0.1) is 0 Å². The third-order valence-corrected chi connectivity index (χ3v) is 5.16. The smallest absolute Gasteiger partial charge is 0.0635 e. The molecule has 0 radical (unpaired) electrons. The molecule has 0 N–H and O–H groups in total. The van der Waals surface area contributed by atoms with Gasteiger partial charge in [0, 0.05) is 12.5 Å². The average Bonchev–Trinajstić information content (AvgIpc) is 2.33. The van der Waals surface area contributed by atoms with E-state index in [1.54, 1.807) is 0 Å². The first-order valence-electron chi connectivity index (χ1n) is 6.95. The van der Waals surface area contributed by atoms with Crippen LogP contribution in [-0.4, -0.2) is 13.2 Å². The molecule has 0 aromatic rings. The molecule has 0 aromatic heterocycles. The molecule has 0 heterocycles. The van der Waals surface area contributed by atoms with Crippen LogP contribution < -0.4 is 0 Å². The van der Waals surface area contributed by atoms with Gasteiger partial charge in [-0.3, -0.25) is 0 Å². The van der Waals surface area contributed by atoms with Crippen molar-refractivity contribution in [3.8, 4) is 0 Å². The second-order valence-corrected chi connectivity index (χ2v) is 5.64. The van der Waals surface area contributed by atoms with E-state index < -0.39 is 0 Å². The van der Waals surface area contributed by atoms with E-state index in [4.69, 9.17) is 4.74 Å². The Morgan fingerprint density at radius 3 is 2.88 bits per heavy atom. The van der Waals surface area contributed by atoms with Crippen LogP contribution in [0.4, 0.5) is 0 Å². The zero-order valence-electron chi connectivity index (χ0n) is 11.0. The molecular formula is C15H26O. The fourth-order valence-corrected chi connectivity index (χ4v) is 4.28. The lowest BCUT2D eigenvalue weighted by molar-refractivity contribution is -0.103. The minimum absolute atomic E-state index is 0.441. The molecule has 2 aliphatic rings. The predicted molar refractivity (Wildman–Crippen MR) is 68.4 cm³/mol. The Morgan fingerprint density at radius 2 is 2.19 bits per heavy atom. The van der Waals surface area contributed by atoms with E-state index in [-0.39, 0.29) is 0 Å². The van der Waals surface area contributed by atoms with Crippen molar-refractivity contribution in [1.29, 1.82) is 0 Å². The standard InChI is InChI=1S/C15H26O/c1-4-13-9-7-8-12(2)15(13)11-6-5-10-14(15)16-3/h7-8,12-14H,4-6,9-11H2,1-3H3. The topological polar surface area (TPSA) is 9.23 Å². The Morgan fingerprint density at radius 1 is 1.38 bits per heavy atom. The fourth-order valence-electron chi connectivity index (χ4n) is 4.28. The Bertz CT molecular complexity index is 258. The molecule has 1 saturated carbocycles. The highest BCUT2D eigenvalue weighted by Gasteiger charge is 2.49. The first-order chi connectivity index (χ1) is 7.75. The van der Waals surface area contributed by atoms with E-state index in [0.717, 1.165) is 5.92 Å². The molecule has 4 unspecified atom stereocenters. The molecule has 1 heteroatoms. The van der Waals surface area contributed by atoms with Crippen LogP contribution in [-0.2, 0) is 4.74 Å². The van der Waals surface area contributed by atoms with Crippen molar-refractivity contribution >= 4 is 0 Å². The van der Waals surface area contributed by atoms with Gasteiger partial charge >= 0.3 is 0 Å². The first kappa shape index (κ1) is 12.2. The summed E-state index contributed by atoms with van der Waals surface area (Å²) in [4.78, 5) is 0. The summed E-state index contributed by atoms with van der Waals surface area (Å²) >= 11 is 0. The third-order valence-electron chi connectivity index (χ3n) is 5.16. The highest BCUT2D eigenvalue weighted by Crippen LogP contribution is 2.54. The summed E-state index contributed by atoms with van der Waals surface area (Å²) in [5.74, 6) is 1.52. The number of methoxy groups -OCH3 is 1. The van der Waals surface area contributed by atoms with Crippen molar-refractivity contribution in [2.24, 2.45) is 17.3 Å². The normalized spacial score (nSPS) is 43.8. The van der Waals surface area contributed by atoms with Gasteiger partial charge in [0.2, 0.25) is 0 Å². The summed E-state index contributed by atoms with van der Waals surface area (Å²) in [6.07, 6.45) is 13.3. The van der Waals surface area contributed by atoms with E-state index in [2.05, 4.69) is 26.0 Å². The molecule has 1 fully saturated rings.